The summed E-state index contributed by atoms with van der Waals surface area (Å²) in [7, 11) is 1.71. The molecule has 1 saturated carbocycles. The molecule has 2 unspecified atom stereocenters. The van der Waals surface area contributed by atoms with Crippen LogP contribution in [0.15, 0.2) is 24.3 Å². The van der Waals surface area contributed by atoms with Crippen molar-refractivity contribution in [1.29, 1.82) is 0 Å². The summed E-state index contributed by atoms with van der Waals surface area (Å²) in [5, 5.41) is 0. The third-order valence-electron chi connectivity index (χ3n) is 4.86. The number of hydrogen-bond acceptors (Lipinski definition) is 2. The van der Waals surface area contributed by atoms with Crippen molar-refractivity contribution < 1.29 is 4.74 Å². The second-order valence-corrected chi connectivity index (χ2v) is 7.30. The van der Waals surface area contributed by atoms with Crippen molar-refractivity contribution in [1.82, 2.24) is 0 Å². The molecule has 2 N–H and O–H groups in total. The lowest BCUT2D eigenvalue weighted by Gasteiger charge is -2.39. The minimum atomic E-state index is 0.0533. The molecule has 0 radical (unpaired) electrons. The molecule has 2 nitrogen and oxygen atoms in total. The molecule has 1 fully saturated rings. The Morgan fingerprint density at radius 2 is 2.00 bits per heavy atom. The molecular formula is C19H31NO. The van der Waals surface area contributed by atoms with Crippen LogP contribution in [0.1, 0.15) is 57.9 Å². The summed E-state index contributed by atoms with van der Waals surface area (Å²) in [4.78, 5) is 0. The minimum absolute atomic E-state index is 0.0533. The largest absolute Gasteiger partial charge is 0.497 e. The minimum Gasteiger partial charge on any atom is -0.497 e. The molecule has 2 heteroatoms. The third kappa shape index (κ3) is 5.03. The van der Waals surface area contributed by atoms with Gasteiger partial charge in [0, 0.05) is 5.54 Å². The topological polar surface area (TPSA) is 35.2 Å². The van der Waals surface area contributed by atoms with Crippen molar-refractivity contribution >= 4 is 0 Å². The average molecular weight is 289 g/mol. The molecule has 2 rings (SSSR count). The highest BCUT2D eigenvalue weighted by Gasteiger charge is 2.32. The first-order valence-electron chi connectivity index (χ1n) is 8.42. The van der Waals surface area contributed by atoms with E-state index in [9.17, 15) is 0 Å². The fourth-order valence-corrected chi connectivity index (χ4v) is 3.80. The molecule has 0 bridgehead atoms. The molecule has 0 saturated heterocycles. The molecule has 0 spiro atoms. The van der Waals surface area contributed by atoms with Gasteiger partial charge in [-0.1, -0.05) is 38.8 Å². The molecule has 0 amide bonds. The van der Waals surface area contributed by atoms with Gasteiger partial charge in [-0.2, -0.15) is 0 Å². The summed E-state index contributed by atoms with van der Waals surface area (Å²) in [5.41, 5.74) is 8.12. The molecule has 1 aliphatic rings. The van der Waals surface area contributed by atoms with E-state index in [1.54, 1.807) is 7.11 Å². The van der Waals surface area contributed by atoms with Crippen molar-refractivity contribution in [2.45, 2.75) is 64.3 Å². The fourth-order valence-electron chi connectivity index (χ4n) is 3.80. The Morgan fingerprint density at radius 3 is 2.62 bits per heavy atom. The molecule has 1 aromatic carbocycles. The van der Waals surface area contributed by atoms with E-state index in [0.717, 1.165) is 30.4 Å². The van der Waals surface area contributed by atoms with E-state index >= 15 is 0 Å². The van der Waals surface area contributed by atoms with Crippen LogP contribution in [-0.4, -0.2) is 12.6 Å². The molecule has 118 valence electrons. The standard InChI is InChI=1S/C19H31NO/c1-15(2)13-17-5-4-11-19(20,14-17)12-10-16-6-8-18(21-3)9-7-16/h6-9,15,17H,4-5,10-14,20H2,1-3H3. The summed E-state index contributed by atoms with van der Waals surface area (Å²) < 4.78 is 5.21. The van der Waals surface area contributed by atoms with Gasteiger partial charge in [-0.15, -0.1) is 0 Å². The van der Waals surface area contributed by atoms with Gasteiger partial charge in [0.05, 0.1) is 7.11 Å². The van der Waals surface area contributed by atoms with Crippen LogP contribution >= 0.6 is 0 Å². The van der Waals surface area contributed by atoms with Crippen LogP contribution < -0.4 is 10.5 Å². The Balaban J connectivity index is 1.87. The number of rotatable bonds is 6. The first-order chi connectivity index (χ1) is 10.0. The second kappa shape index (κ2) is 7.31. The van der Waals surface area contributed by atoms with E-state index < -0.39 is 0 Å². The van der Waals surface area contributed by atoms with Gasteiger partial charge in [0.15, 0.2) is 0 Å². The fraction of sp³-hybridized carbons (Fsp3) is 0.684. The van der Waals surface area contributed by atoms with E-state index in [4.69, 9.17) is 10.5 Å². The van der Waals surface area contributed by atoms with E-state index in [1.807, 2.05) is 12.1 Å². The highest BCUT2D eigenvalue weighted by molar-refractivity contribution is 5.27. The van der Waals surface area contributed by atoms with Crippen LogP contribution in [0.2, 0.25) is 0 Å². The predicted octanol–water partition coefficient (Wildman–Crippen LogP) is 4.56. The number of methoxy groups -OCH3 is 1. The van der Waals surface area contributed by atoms with E-state index in [0.29, 0.717) is 0 Å². The van der Waals surface area contributed by atoms with Crippen molar-refractivity contribution in [3.8, 4) is 5.75 Å². The summed E-state index contributed by atoms with van der Waals surface area (Å²) in [5.74, 6) is 2.55. The molecule has 0 aliphatic heterocycles. The molecule has 2 atom stereocenters. The van der Waals surface area contributed by atoms with Gasteiger partial charge in [-0.25, -0.2) is 0 Å². The lowest BCUT2D eigenvalue weighted by Crippen LogP contribution is -2.44. The van der Waals surface area contributed by atoms with Gasteiger partial charge in [0.2, 0.25) is 0 Å². The zero-order chi connectivity index (χ0) is 15.3. The zero-order valence-electron chi connectivity index (χ0n) is 13.9. The number of nitrogens with two attached hydrogens (primary N) is 1. The molecular weight excluding hydrogens is 258 g/mol. The van der Waals surface area contributed by atoms with Crippen LogP contribution in [0.4, 0.5) is 0 Å². The van der Waals surface area contributed by atoms with Crippen LogP contribution in [0.3, 0.4) is 0 Å². The van der Waals surface area contributed by atoms with Crippen molar-refractivity contribution in [2.75, 3.05) is 7.11 Å². The summed E-state index contributed by atoms with van der Waals surface area (Å²) in [6.07, 6.45) is 8.60. The van der Waals surface area contributed by atoms with Crippen LogP contribution in [0.5, 0.6) is 5.75 Å². The van der Waals surface area contributed by atoms with E-state index in [1.165, 1.54) is 37.7 Å². The maximum Gasteiger partial charge on any atom is 0.118 e. The van der Waals surface area contributed by atoms with Crippen LogP contribution in [0, 0.1) is 11.8 Å². The zero-order valence-corrected chi connectivity index (χ0v) is 13.9. The second-order valence-electron chi connectivity index (χ2n) is 7.30. The predicted molar refractivity (Wildman–Crippen MR) is 89.6 cm³/mol. The number of hydrogen-bond donors (Lipinski definition) is 1. The Morgan fingerprint density at radius 1 is 1.29 bits per heavy atom. The number of ether oxygens (including phenoxy) is 1. The Hall–Kier alpha value is -1.02. The first-order valence-corrected chi connectivity index (χ1v) is 8.42. The summed E-state index contributed by atoms with van der Waals surface area (Å²) in [6, 6.07) is 8.41. The van der Waals surface area contributed by atoms with Crippen molar-refractivity contribution in [2.24, 2.45) is 17.6 Å². The van der Waals surface area contributed by atoms with E-state index in [-0.39, 0.29) is 5.54 Å². The van der Waals surface area contributed by atoms with Gasteiger partial charge in [0.25, 0.3) is 0 Å². The lowest BCUT2D eigenvalue weighted by atomic mass is 9.71. The maximum atomic E-state index is 6.70. The summed E-state index contributed by atoms with van der Waals surface area (Å²) >= 11 is 0. The molecule has 21 heavy (non-hydrogen) atoms. The molecule has 1 aliphatic carbocycles. The summed E-state index contributed by atoms with van der Waals surface area (Å²) in [6.45, 7) is 4.65. The van der Waals surface area contributed by atoms with Gasteiger partial charge >= 0.3 is 0 Å². The first kappa shape index (κ1) is 16.4. The molecule has 0 heterocycles. The van der Waals surface area contributed by atoms with Gasteiger partial charge in [0.1, 0.15) is 5.75 Å². The highest BCUT2D eigenvalue weighted by atomic mass is 16.5. The smallest absolute Gasteiger partial charge is 0.118 e. The highest BCUT2D eigenvalue weighted by Crippen LogP contribution is 2.36. The van der Waals surface area contributed by atoms with Gasteiger partial charge in [-0.3, -0.25) is 0 Å². The molecule has 0 aromatic heterocycles. The quantitative estimate of drug-likeness (QED) is 0.833. The third-order valence-corrected chi connectivity index (χ3v) is 4.86. The van der Waals surface area contributed by atoms with Gasteiger partial charge in [-0.05, 0) is 61.6 Å². The van der Waals surface area contributed by atoms with Gasteiger partial charge < -0.3 is 10.5 Å². The maximum absolute atomic E-state index is 6.70. The number of benzene rings is 1. The monoisotopic (exact) mass is 289 g/mol. The Labute approximate surface area is 130 Å². The Kier molecular flexibility index (Phi) is 5.69. The average Bonchev–Trinajstić information content (AvgIpc) is 2.45. The normalized spacial score (nSPS) is 26.0. The SMILES string of the molecule is COc1ccc(CCC2(N)CCCC(CC(C)C)C2)cc1. The lowest BCUT2D eigenvalue weighted by molar-refractivity contribution is 0.192. The Bertz CT molecular complexity index is 426. The van der Waals surface area contributed by atoms with Crippen LogP contribution in [-0.2, 0) is 6.42 Å². The molecule has 1 aromatic rings. The van der Waals surface area contributed by atoms with Crippen molar-refractivity contribution in [3.63, 3.8) is 0 Å². The number of aryl methyl sites for hydroxylation is 1. The van der Waals surface area contributed by atoms with Crippen LogP contribution in [0.25, 0.3) is 0 Å². The van der Waals surface area contributed by atoms with E-state index in [2.05, 4.69) is 26.0 Å². The van der Waals surface area contributed by atoms with Crippen molar-refractivity contribution in [3.05, 3.63) is 29.8 Å².